The summed E-state index contributed by atoms with van der Waals surface area (Å²) < 4.78 is 13.2. The van der Waals surface area contributed by atoms with E-state index >= 15 is 0 Å². The van der Waals surface area contributed by atoms with Crippen LogP contribution in [0.5, 0.6) is 0 Å². The van der Waals surface area contributed by atoms with E-state index in [1.807, 2.05) is 48.5 Å². The van der Waals surface area contributed by atoms with E-state index in [4.69, 9.17) is 9.47 Å². The lowest BCUT2D eigenvalue weighted by Gasteiger charge is -2.41. The Labute approximate surface area is 270 Å². The summed E-state index contributed by atoms with van der Waals surface area (Å²) in [7, 11) is 0. The van der Waals surface area contributed by atoms with Crippen molar-refractivity contribution in [2.45, 2.75) is 71.2 Å². The van der Waals surface area contributed by atoms with Crippen molar-refractivity contribution in [2.24, 2.45) is 5.92 Å². The number of amides is 2. The van der Waals surface area contributed by atoms with Crippen LogP contribution >= 0.6 is 11.8 Å². The molecule has 3 aromatic carbocycles. The predicted octanol–water partition coefficient (Wildman–Crippen LogP) is 5.68. The molecule has 0 aliphatic carbocycles. The molecule has 8 nitrogen and oxygen atoms in total. The number of rotatable bonds is 16. The van der Waals surface area contributed by atoms with Crippen LogP contribution in [0.2, 0.25) is 0 Å². The topological polar surface area (TPSA) is 117 Å². The molecule has 0 saturated carbocycles. The van der Waals surface area contributed by atoms with Gasteiger partial charge in [-0.15, -0.1) is 0 Å². The van der Waals surface area contributed by atoms with Crippen LogP contribution in [-0.4, -0.2) is 52.8 Å². The molecule has 4 atom stereocenters. The Balaban J connectivity index is 1.42. The number of benzene rings is 3. The van der Waals surface area contributed by atoms with Crippen LogP contribution in [0, 0.1) is 5.92 Å². The molecular formula is C36H46N2O6S. The molecule has 2 amide bonds. The number of thioether (sulfide) groups is 1. The van der Waals surface area contributed by atoms with Crippen LogP contribution in [0.1, 0.15) is 74.2 Å². The second kappa shape index (κ2) is 18.1. The van der Waals surface area contributed by atoms with Gasteiger partial charge >= 0.3 is 0 Å². The second-order valence-electron chi connectivity index (χ2n) is 11.5. The van der Waals surface area contributed by atoms with Crippen LogP contribution in [0.3, 0.4) is 0 Å². The van der Waals surface area contributed by atoms with E-state index in [9.17, 15) is 19.8 Å². The summed E-state index contributed by atoms with van der Waals surface area (Å²) in [5, 5.41) is 24.6. The molecule has 0 spiro atoms. The van der Waals surface area contributed by atoms with Crippen molar-refractivity contribution in [1.82, 2.24) is 10.6 Å². The molecule has 4 unspecified atom stereocenters. The normalized spacial score (nSPS) is 19.6. The fraction of sp³-hybridized carbons (Fsp3) is 0.444. The first-order valence-electron chi connectivity index (χ1n) is 15.8. The van der Waals surface area contributed by atoms with Gasteiger partial charge in [0.1, 0.15) is 0 Å². The first kappa shape index (κ1) is 34.7. The lowest BCUT2D eigenvalue weighted by molar-refractivity contribution is -0.268. The van der Waals surface area contributed by atoms with Crippen LogP contribution in [0.4, 0.5) is 0 Å². The van der Waals surface area contributed by atoms with Gasteiger partial charge in [0.25, 0.3) is 0 Å². The summed E-state index contributed by atoms with van der Waals surface area (Å²) in [6, 6.07) is 24.3. The van der Waals surface area contributed by atoms with Crippen LogP contribution in [-0.2, 0) is 32.2 Å². The molecule has 1 aliphatic heterocycles. The first-order chi connectivity index (χ1) is 21.9. The number of unbranched alkanes of at least 4 members (excludes halogenated alkanes) is 2. The van der Waals surface area contributed by atoms with E-state index in [0.29, 0.717) is 25.3 Å². The second-order valence-corrected chi connectivity index (χ2v) is 12.7. The standard InChI is InChI=1S/C36H46N2O6S/c1-25-33(24-45-19-18-39)43-36(44-35(25)29-15-13-27(23-40)14-16-29)32-11-7-10-31(21-32)30-9-6-8-28(20-30)22-38-34(42)12-4-3-5-17-37-26(2)41/h6-11,13-16,20-21,25,33,35-36,39-40H,3-5,12,17-19,22-24H2,1-2H3,(H,37,41)(H,38,42). The molecule has 0 aromatic heterocycles. The summed E-state index contributed by atoms with van der Waals surface area (Å²) >= 11 is 1.67. The number of ether oxygens (including phenoxy) is 2. The largest absolute Gasteiger partial charge is 0.396 e. The number of aliphatic hydroxyl groups excluding tert-OH is 2. The van der Waals surface area contributed by atoms with Gasteiger partial charge in [-0.25, -0.2) is 0 Å². The molecule has 1 fully saturated rings. The molecule has 1 aliphatic rings. The summed E-state index contributed by atoms with van der Waals surface area (Å²) in [6.07, 6.45) is 2.19. The third kappa shape index (κ3) is 10.7. The van der Waals surface area contributed by atoms with Gasteiger partial charge in [-0.3, -0.25) is 9.59 Å². The molecule has 0 radical (unpaired) electrons. The molecule has 4 N–H and O–H groups in total. The van der Waals surface area contributed by atoms with Gasteiger partial charge in [-0.05, 0) is 52.8 Å². The lowest BCUT2D eigenvalue weighted by Crippen LogP contribution is -2.38. The molecular weight excluding hydrogens is 588 g/mol. The van der Waals surface area contributed by atoms with Crippen molar-refractivity contribution >= 4 is 23.6 Å². The fourth-order valence-corrected chi connectivity index (χ4v) is 6.35. The molecule has 45 heavy (non-hydrogen) atoms. The van der Waals surface area contributed by atoms with E-state index in [1.54, 1.807) is 11.8 Å². The van der Waals surface area contributed by atoms with Crippen molar-refractivity contribution in [2.75, 3.05) is 24.7 Å². The van der Waals surface area contributed by atoms with E-state index in [2.05, 4.69) is 41.8 Å². The van der Waals surface area contributed by atoms with Crippen LogP contribution in [0.15, 0.2) is 72.8 Å². The highest BCUT2D eigenvalue weighted by Gasteiger charge is 2.38. The quantitative estimate of drug-likeness (QED) is 0.150. The molecule has 9 heteroatoms. The van der Waals surface area contributed by atoms with Gasteiger partial charge in [0.2, 0.25) is 11.8 Å². The Morgan fingerprint density at radius 1 is 0.844 bits per heavy atom. The molecule has 4 rings (SSSR count). The summed E-state index contributed by atoms with van der Waals surface area (Å²) in [5.41, 5.74) is 5.91. The van der Waals surface area contributed by atoms with Crippen molar-refractivity contribution in [3.05, 3.63) is 95.1 Å². The maximum atomic E-state index is 12.4. The van der Waals surface area contributed by atoms with Crippen LogP contribution < -0.4 is 10.6 Å². The van der Waals surface area contributed by atoms with Crippen molar-refractivity contribution < 1.29 is 29.3 Å². The monoisotopic (exact) mass is 634 g/mol. The van der Waals surface area contributed by atoms with E-state index < -0.39 is 6.29 Å². The van der Waals surface area contributed by atoms with E-state index in [0.717, 1.165) is 58.4 Å². The highest BCUT2D eigenvalue weighted by molar-refractivity contribution is 7.99. The Morgan fingerprint density at radius 3 is 2.33 bits per heavy atom. The zero-order chi connectivity index (χ0) is 32.0. The van der Waals surface area contributed by atoms with Gasteiger partial charge in [0, 0.05) is 49.4 Å². The van der Waals surface area contributed by atoms with Crippen LogP contribution in [0.25, 0.3) is 11.1 Å². The maximum absolute atomic E-state index is 12.4. The lowest BCUT2D eigenvalue weighted by atomic mass is 9.91. The minimum atomic E-state index is -0.566. The highest BCUT2D eigenvalue weighted by Crippen LogP contribution is 2.43. The minimum absolute atomic E-state index is 0.00396. The van der Waals surface area contributed by atoms with Gasteiger partial charge in [0.15, 0.2) is 6.29 Å². The zero-order valence-corrected chi connectivity index (χ0v) is 27.1. The molecule has 1 saturated heterocycles. The third-order valence-electron chi connectivity index (χ3n) is 8.00. The van der Waals surface area contributed by atoms with Crippen molar-refractivity contribution in [1.29, 1.82) is 0 Å². The smallest absolute Gasteiger partial charge is 0.220 e. The Morgan fingerprint density at radius 2 is 1.60 bits per heavy atom. The van der Waals surface area contributed by atoms with Crippen molar-refractivity contribution in [3.8, 4) is 11.1 Å². The van der Waals surface area contributed by atoms with Crippen molar-refractivity contribution in [3.63, 3.8) is 0 Å². The van der Waals surface area contributed by atoms with Gasteiger partial charge in [-0.1, -0.05) is 74.0 Å². The molecule has 1 heterocycles. The molecule has 3 aromatic rings. The Bertz CT molecular complexity index is 1370. The predicted molar refractivity (Wildman–Crippen MR) is 178 cm³/mol. The minimum Gasteiger partial charge on any atom is -0.396 e. The highest BCUT2D eigenvalue weighted by atomic mass is 32.2. The maximum Gasteiger partial charge on any atom is 0.220 e. The van der Waals surface area contributed by atoms with E-state index in [-0.39, 0.29) is 43.2 Å². The number of hydrogen-bond acceptors (Lipinski definition) is 7. The zero-order valence-electron chi connectivity index (χ0n) is 26.2. The SMILES string of the molecule is CC(=O)NCCCCCC(=O)NCc1cccc(-c2cccc(C3OC(CSCCO)C(C)C(c4ccc(CO)cc4)O3)c2)c1. The number of carbonyl (C=O) groups is 2. The van der Waals surface area contributed by atoms with E-state index in [1.165, 1.54) is 6.92 Å². The summed E-state index contributed by atoms with van der Waals surface area (Å²) in [4.78, 5) is 23.3. The number of nitrogens with one attached hydrogen (secondary N) is 2. The summed E-state index contributed by atoms with van der Waals surface area (Å²) in [5.74, 6) is 1.49. The number of hydrogen-bond donors (Lipinski definition) is 4. The van der Waals surface area contributed by atoms with Gasteiger partial charge in [-0.2, -0.15) is 11.8 Å². The molecule has 242 valence electrons. The number of aliphatic hydroxyl groups is 2. The average molecular weight is 635 g/mol. The fourth-order valence-electron chi connectivity index (χ4n) is 5.44. The molecule has 0 bridgehead atoms. The van der Waals surface area contributed by atoms with Gasteiger partial charge in [0.05, 0.1) is 25.4 Å². The third-order valence-corrected chi connectivity index (χ3v) is 9.04. The first-order valence-corrected chi connectivity index (χ1v) is 16.9. The Hall–Kier alpha value is -3.21. The van der Waals surface area contributed by atoms with Gasteiger partial charge < -0.3 is 30.3 Å². The average Bonchev–Trinajstić information content (AvgIpc) is 3.06. The summed E-state index contributed by atoms with van der Waals surface area (Å²) in [6.45, 7) is 4.87. The number of carbonyl (C=O) groups excluding carboxylic acids is 2. The Kier molecular flexibility index (Phi) is 13.9.